The smallest absolute Gasteiger partial charge is 0.377 e. The average Bonchev–Trinajstić information content (AvgIpc) is 2.96. The Balaban J connectivity index is 2.13. The minimum Gasteiger partial charge on any atom is -0.377 e. The molecule has 1 N–H and O–H groups in total. The number of aryl methyl sites for hydroxylation is 1. The molecule has 0 aliphatic heterocycles. The molecule has 0 fully saturated rings. The zero-order chi connectivity index (χ0) is 15.6. The second kappa shape index (κ2) is 5.77. The van der Waals surface area contributed by atoms with Crippen LogP contribution in [0.5, 0.6) is 0 Å². The molecule has 0 spiro atoms. The summed E-state index contributed by atoms with van der Waals surface area (Å²) in [4.78, 5) is 15.8. The zero-order valence-corrected chi connectivity index (χ0v) is 11.7. The largest absolute Gasteiger partial charge is 0.433 e. The van der Waals surface area contributed by atoms with Crippen molar-refractivity contribution in [3.05, 3.63) is 23.3 Å². The molecule has 0 aliphatic rings. The molecule has 2 rings (SSSR count). The summed E-state index contributed by atoms with van der Waals surface area (Å²) in [5.74, 6) is -0.420. The van der Waals surface area contributed by atoms with E-state index in [1.165, 1.54) is 7.11 Å². The Bertz CT molecular complexity index is 651. The van der Waals surface area contributed by atoms with Crippen LogP contribution in [0.15, 0.2) is 6.07 Å². The number of hydrogen-bond acceptors (Lipinski definition) is 6. The van der Waals surface area contributed by atoms with Gasteiger partial charge in [-0.1, -0.05) is 0 Å². The molecule has 2 heterocycles. The predicted molar refractivity (Wildman–Crippen MR) is 66.8 cm³/mol. The van der Waals surface area contributed by atoms with Gasteiger partial charge in [0.15, 0.2) is 11.5 Å². The summed E-state index contributed by atoms with van der Waals surface area (Å²) in [7, 11) is 2.58. The lowest BCUT2D eigenvalue weighted by atomic mass is 10.3. The highest BCUT2D eigenvalue weighted by Crippen LogP contribution is 2.29. The third-order valence-electron chi connectivity index (χ3n) is 2.36. The highest BCUT2D eigenvalue weighted by atomic mass is 32.1. The molecule has 114 valence electrons. The number of nitrogens with zero attached hydrogens (tertiary/aromatic N) is 4. The molecule has 0 unspecified atom stereocenters. The Kier molecular flexibility index (Phi) is 4.23. The summed E-state index contributed by atoms with van der Waals surface area (Å²) < 4.78 is 47.2. The monoisotopic (exact) mass is 321 g/mol. The van der Waals surface area contributed by atoms with Gasteiger partial charge in [0, 0.05) is 31.8 Å². The number of ether oxygens (including phenoxy) is 1. The van der Waals surface area contributed by atoms with Crippen molar-refractivity contribution in [1.29, 1.82) is 0 Å². The van der Waals surface area contributed by atoms with E-state index in [4.69, 9.17) is 4.74 Å². The van der Waals surface area contributed by atoms with Crippen molar-refractivity contribution in [1.82, 2.24) is 19.1 Å². The predicted octanol–water partition coefficient (Wildman–Crippen LogP) is 1.69. The highest BCUT2D eigenvalue weighted by molar-refractivity contribution is 7.09. The number of carbonyl (C=O) groups excluding carboxylic acids is 1. The van der Waals surface area contributed by atoms with E-state index in [2.05, 4.69) is 19.8 Å². The maximum Gasteiger partial charge on any atom is 0.433 e. The lowest BCUT2D eigenvalue weighted by molar-refractivity contribution is -0.143. The number of methoxy groups -OCH3 is 1. The van der Waals surface area contributed by atoms with Crippen LogP contribution in [0.4, 0.5) is 18.3 Å². The molecule has 2 aromatic heterocycles. The summed E-state index contributed by atoms with van der Waals surface area (Å²) in [5.41, 5.74) is -1.36. The highest BCUT2D eigenvalue weighted by Gasteiger charge is 2.35. The lowest BCUT2D eigenvalue weighted by Gasteiger charge is -2.04. The quantitative estimate of drug-likeness (QED) is 0.926. The van der Waals surface area contributed by atoms with E-state index in [0.29, 0.717) is 16.6 Å². The molecule has 0 saturated carbocycles. The summed E-state index contributed by atoms with van der Waals surface area (Å²) in [6.07, 6.45) is -4.57. The molecule has 0 atom stereocenters. The molecule has 2 aromatic rings. The number of aromatic nitrogens is 4. The topological polar surface area (TPSA) is 81.9 Å². The van der Waals surface area contributed by atoms with Gasteiger partial charge in [-0.15, -0.1) is 0 Å². The number of nitrogens with one attached hydrogen (secondary N) is 1. The third-order valence-corrected chi connectivity index (χ3v) is 3.03. The molecule has 7 nitrogen and oxygen atoms in total. The Hall–Kier alpha value is -2.01. The average molecular weight is 321 g/mol. The van der Waals surface area contributed by atoms with Gasteiger partial charge in [-0.05, 0) is 0 Å². The van der Waals surface area contributed by atoms with Crippen molar-refractivity contribution in [2.75, 3.05) is 12.4 Å². The van der Waals surface area contributed by atoms with E-state index in [9.17, 15) is 18.0 Å². The molecule has 11 heteroatoms. The minimum absolute atomic E-state index is 0.159. The fourth-order valence-corrected chi connectivity index (χ4v) is 2.07. The summed E-state index contributed by atoms with van der Waals surface area (Å²) in [6.45, 7) is 0.175. The minimum atomic E-state index is -4.57. The Morgan fingerprint density at radius 2 is 2.24 bits per heavy atom. The van der Waals surface area contributed by atoms with Crippen LogP contribution in [0.25, 0.3) is 0 Å². The van der Waals surface area contributed by atoms with Crippen LogP contribution in [0, 0.1) is 0 Å². The van der Waals surface area contributed by atoms with Crippen LogP contribution in [-0.4, -0.2) is 32.2 Å². The normalized spacial score (nSPS) is 11.7. The third kappa shape index (κ3) is 3.55. The lowest BCUT2D eigenvalue weighted by Crippen LogP contribution is -2.13. The molecule has 0 aromatic carbocycles. The second-order valence-corrected chi connectivity index (χ2v) is 4.69. The summed E-state index contributed by atoms with van der Waals surface area (Å²) >= 11 is 0.899. The van der Waals surface area contributed by atoms with E-state index in [1.54, 1.807) is 0 Å². The van der Waals surface area contributed by atoms with Crippen LogP contribution >= 0.6 is 11.5 Å². The molecular formula is C10H10F3N5O2S. The SMILES string of the molecule is COCc1nsc(NC(=O)c2cc(C(F)(F)F)n(C)n2)n1. The van der Waals surface area contributed by atoms with Gasteiger partial charge in [-0.2, -0.15) is 22.6 Å². The molecule has 21 heavy (non-hydrogen) atoms. The van der Waals surface area contributed by atoms with Crippen LogP contribution < -0.4 is 5.32 Å². The van der Waals surface area contributed by atoms with Crippen LogP contribution in [-0.2, 0) is 24.6 Å². The van der Waals surface area contributed by atoms with Crippen molar-refractivity contribution in [3.8, 4) is 0 Å². The maximum absolute atomic E-state index is 12.6. The van der Waals surface area contributed by atoms with Crippen LogP contribution in [0.1, 0.15) is 22.0 Å². The standard InChI is InChI=1S/C10H10F3N5O2S/c1-18-6(10(11,12)13)3-5(16-18)8(19)15-9-14-7(4-20-2)17-21-9/h3H,4H2,1-2H3,(H,14,15,17,19). The molecule has 0 bridgehead atoms. The van der Waals surface area contributed by atoms with Gasteiger partial charge >= 0.3 is 6.18 Å². The number of alkyl halides is 3. The van der Waals surface area contributed by atoms with Gasteiger partial charge in [-0.3, -0.25) is 14.8 Å². The van der Waals surface area contributed by atoms with Crippen molar-refractivity contribution < 1.29 is 22.7 Å². The van der Waals surface area contributed by atoms with E-state index in [0.717, 1.165) is 18.6 Å². The molecule has 0 saturated heterocycles. The number of hydrogen-bond donors (Lipinski definition) is 1. The molecular weight excluding hydrogens is 311 g/mol. The van der Waals surface area contributed by atoms with Gasteiger partial charge in [0.05, 0.1) is 0 Å². The van der Waals surface area contributed by atoms with Gasteiger partial charge in [0.2, 0.25) is 5.13 Å². The van der Waals surface area contributed by atoms with Gasteiger partial charge < -0.3 is 4.74 Å². The van der Waals surface area contributed by atoms with Crippen LogP contribution in [0.3, 0.4) is 0 Å². The number of amides is 1. The number of rotatable bonds is 4. The first-order valence-electron chi connectivity index (χ1n) is 5.55. The van der Waals surface area contributed by atoms with E-state index in [1.807, 2.05) is 0 Å². The van der Waals surface area contributed by atoms with Crippen molar-refractivity contribution >= 4 is 22.6 Å². The Labute approximate surface area is 120 Å². The van der Waals surface area contributed by atoms with Crippen molar-refractivity contribution in [2.45, 2.75) is 12.8 Å². The summed E-state index contributed by atoms with van der Waals surface area (Å²) in [5, 5.41) is 6.03. The van der Waals surface area contributed by atoms with Gasteiger partial charge in [0.1, 0.15) is 12.3 Å². The van der Waals surface area contributed by atoms with E-state index < -0.39 is 17.8 Å². The summed E-state index contributed by atoms with van der Waals surface area (Å²) in [6, 6.07) is 0.673. The van der Waals surface area contributed by atoms with Gasteiger partial charge in [0.25, 0.3) is 5.91 Å². The molecule has 0 radical (unpaired) electrons. The molecule has 1 amide bonds. The number of carbonyl (C=O) groups is 1. The van der Waals surface area contributed by atoms with E-state index in [-0.39, 0.29) is 17.4 Å². The maximum atomic E-state index is 12.6. The second-order valence-electron chi connectivity index (χ2n) is 3.94. The number of halogens is 3. The Morgan fingerprint density at radius 1 is 1.52 bits per heavy atom. The Morgan fingerprint density at radius 3 is 2.81 bits per heavy atom. The fraction of sp³-hybridized carbons (Fsp3) is 0.400. The number of anilines is 1. The van der Waals surface area contributed by atoms with Gasteiger partial charge in [-0.25, -0.2) is 4.98 Å². The first-order chi connectivity index (χ1) is 9.81. The first kappa shape index (κ1) is 15.4. The first-order valence-corrected chi connectivity index (χ1v) is 6.32. The van der Waals surface area contributed by atoms with Crippen LogP contribution in [0.2, 0.25) is 0 Å². The zero-order valence-electron chi connectivity index (χ0n) is 10.9. The molecule has 0 aliphatic carbocycles. The van der Waals surface area contributed by atoms with Crippen molar-refractivity contribution in [3.63, 3.8) is 0 Å². The fourth-order valence-electron chi connectivity index (χ4n) is 1.50. The van der Waals surface area contributed by atoms with E-state index >= 15 is 0 Å². The van der Waals surface area contributed by atoms with Crippen molar-refractivity contribution in [2.24, 2.45) is 7.05 Å².